The minimum absolute atomic E-state index is 0.00778. The van der Waals surface area contributed by atoms with Gasteiger partial charge in [0.2, 0.25) is 24.5 Å². The molecule has 1 unspecified atom stereocenters. The van der Waals surface area contributed by atoms with Crippen molar-refractivity contribution in [3.63, 3.8) is 0 Å². The molecule has 0 spiro atoms. The molecule has 2 saturated heterocycles. The van der Waals surface area contributed by atoms with Crippen molar-refractivity contribution >= 4 is 29.1 Å². The minimum atomic E-state index is -0.420. The van der Waals surface area contributed by atoms with E-state index in [1.165, 1.54) is 5.56 Å². The minimum Gasteiger partial charge on any atom is -0.454 e. The molecule has 3 amide bonds. The van der Waals surface area contributed by atoms with Crippen LogP contribution >= 0.6 is 0 Å². The van der Waals surface area contributed by atoms with Gasteiger partial charge in [0.1, 0.15) is 0 Å². The van der Waals surface area contributed by atoms with E-state index in [1.54, 1.807) is 17.0 Å². The lowest BCUT2D eigenvalue weighted by Crippen LogP contribution is -2.39. The summed E-state index contributed by atoms with van der Waals surface area (Å²) in [5.74, 6) is 0.421. The second-order valence-corrected chi connectivity index (χ2v) is 9.40. The first-order valence-electron chi connectivity index (χ1n) is 12.1. The molecule has 0 radical (unpaired) electrons. The van der Waals surface area contributed by atoms with Gasteiger partial charge in [-0.3, -0.25) is 14.4 Å². The molecule has 2 aromatic rings. The maximum Gasteiger partial charge on any atom is 0.231 e. The fourth-order valence-corrected chi connectivity index (χ4v) is 4.91. The van der Waals surface area contributed by atoms with Crippen LogP contribution in [0.4, 0.5) is 11.4 Å². The van der Waals surface area contributed by atoms with Gasteiger partial charge in [-0.1, -0.05) is 12.1 Å². The third-order valence-corrected chi connectivity index (χ3v) is 7.09. The summed E-state index contributed by atoms with van der Waals surface area (Å²) in [6.45, 7) is 3.22. The highest BCUT2D eigenvalue weighted by molar-refractivity contribution is 6.03. The van der Waals surface area contributed by atoms with E-state index >= 15 is 0 Å². The number of likely N-dealkylation sites (tertiary alicyclic amines) is 1. The molecular formula is C26H30N4O5. The van der Waals surface area contributed by atoms with Gasteiger partial charge < -0.3 is 30.3 Å². The summed E-state index contributed by atoms with van der Waals surface area (Å²) in [5, 5.41) is 2.95. The number of carbonyl (C=O) groups excluding carboxylic acids is 3. The number of fused-ring (bicyclic) bond motifs is 1. The summed E-state index contributed by atoms with van der Waals surface area (Å²) >= 11 is 0. The van der Waals surface area contributed by atoms with Crippen LogP contribution in [0.3, 0.4) is 0 Å². The zero-order chi connectivity index (χ0) is 24.4. The van der Waals surface area contributed by atoms with Crippen LogP contribution in [0.25, 0.3) is 0 Å². The van der Waals surface area contributed by atoms with Crippen LogP contribution in [-0.2, 0) is 20.8 Å². The monoisotopic (exact) mass is 478 g/mol. The fourth-order valence-electron chi connectivity index (χ4n) is 4.91. The Labute approximate surface area is 204 Å². The van der Waals surface area contributed by atoms with Crippen molar-refractivity contribution in [2.45, 2.75) is 25.7 Å². The predicted octanol–water partition coefficient (Wildman–Crippen LogP) is 2.15. The molecule has 35 heavy (non-hydrogen) atoms. The molecule has 0 aromatic heterocycles. The number of amides is 3. The zero-order valence-electron chi connectivity index (χ0n) is 19.6. The summed E-state index contributed by atoms with van der Waals surface area (Å²) in [5.41, 5.74) is 8.02. The van der Waals surface area contributed by atoms with E-state index in [9.17, 15) is 14.4 Å². The third-order valence-electron chi connectivity index (χ3n) is 7.09. The van der Waals surface area contributed by atoms with Crippen molar-refractivity contribution in [2.24, 2.45) is 17.6 Å². The SMILES string of the molecule is NC(=O)C1CCN(CCc2ccc(NC(=O)C3CC(=O)N(c4ccc5c(c4)OCO5)C3)cc2)CC1. The normalized spacial score (nSPS) is 20.3. The predicted molar refractivity (Wildman–Crippen MR) is 130 cm³/mol. The maximum absolute atomic E-state index is 12.8. The number of piperidine rings is 1. The standard InChI is InChI=1S/C26H30N4O5/c27-25(32)18-8-11-29(12-9-18)10-7-17-1-3-20(4-2-17)28-26(33)19-13-24(31)30(15-19)21-5-6-22-23(14-21)35-16-34-22/h1-6,14,18-19H,7-13,15-16H2,(H2,27,32)(H,28,33). The van der Waals surface area contributed by atoms with Crippen molar-refractivity contribution in [2.75, 3.05) is 43.2 Å². The number of anilines is 2. The van der Waals surface area contributed by atoms with Crippen LogP contribution in [0.1, 0.15) is 24.8 Å². The summed E-state index contributed by atoms with van der Waals surface area (Å²) in [6.07, 6.45) is 2.73. The van der Waals surface area contributed by atoms with Crippen molar-refractivity contribution in [3.8, 4) is 11.5 Å². The third kappa shape index (κ3) is 5.24. The molecule has 3 aliphatic heterocycles. The largest absolute Gasteiger partial charge is 0.454 e. The molecule has 0 aliphatic carbocycles. The van der Waals surface area contributed by atoms with Crippen LogP contribution in [0.15, 0.2) is 42.5 Å². The highest BCUT2D eigenvalue weighted by atomic mass is 16.7. The Kier molecular flexibility index (Phi) is 6.59. The van der Waals surface area contributed by atoms with Gasteiger partial charge in [-0.25, -0.2) is 0 Å². The van der Waals surface area contributed by atoms with Gasteiger partial charge in [0.25, 0.3) is 0 Å². The second kappa shape index (κ2) is 9.95. The first kappa shape index (κ1) is 23.2. The summed E-state index contributed by atoms with van der Waals surface area (Å²) in [6, 6.07) is 13.2. The molecule has 3 aliphatic rings. The Morgan fingerprint density at radius 3 is 2.49 bits per heavy atom. The lowest BCUT2D eigenvalue weighted by atomic mass is 9.96. The lowest BCUT2D eigenvalue weighted by molar-refractivity contribution is -0.123. The van der Waals surface area contributed by atoms with Crippen LogP contribution in [0.5, 0.6) is 11.5 Å². The lowest BCUT2D eigenvalue weighted by Gasteiger charge is -2.30. The van der Waals surface area contributed by atoms with Gasteiger partial charge in [-0.15, -0.1) is 0 Å². The smallest absolute Gasteiger partial charge is 0.231 e. The number of nitrogens with zero attached hydrogens (tertiary/aromatic N) is 2. The summed E-state index contributed by atoms with van der Waals surface area (Å²) < 4.78 is 10.7. The molecule has 184 valence electrons. The van der Waals surface area contributed by atoms with Crippen LogP contribution in [0, 0.1) is 11.8 Å². The molecule has 0 bridgehead atoms. The Morgan fingerprint density at radius 2 is 1.74 bits per heavy atom. The quantitative estimate of drug-likeness (QED) is 0.630. The Balaban J connectivity index is 1.11. The number of rotatable bonds is 7. The first-order valence-corrected chi connectivity index (χ1v) is 12.1. The van der Waals surface area contributed by atoms with E-state index in [2.05, 4.69) is 10.2 Å². The fraction of sp³-hybridized carbons (Fsp3) is 0.423. The van der Waals surface area contributed by atoms with Crippen molar-refractivity contribution in [3.05, 3.63) is 48.0 Å². The van der Waals surface area contributed by atoms with E-state index in [-0.39, 0.29) is 36.9 Å². The number of nitrogens with one attached hydrogen (secondary N) is 1. The van der Waals surface area contributed by atoms with Crippen molar-refractivity contribution < 1.29 is 23.9 Å². The number of primary amides is 1. The Morgan fingerprint density at radius 1 is 1.00 bits per heavy atom. The number of hydrogen-bond acceptors (Lipinski definition) is 6. The Hall–Kier alpha value is -3.59. The first-order chi connectivity index (χ1) is 17.0. The Bertz CT molecular complexity index is 1110. The molecule has 2 fully saturated rings. The molecule has 0 saturated carbocycles. The molecule has 1 atom stereocenters. The average molecular weight is 479 g/mol. The molecule has 3 N–H and O–H groups in total. The number of hydrogen-bond donors (Lipinski definition) is 2. The molecule has 3 heterocycles. The highest BCUT2D eigenvalue weighted by Gasteiger charge is 2.35. The van der Waals surface area contributed by atoms with E-state index in [1.807, 2.05) is 30.3 Å². The summed E-state index contributed by atoms with van der Waals surface area (Å²) in [7, 11) is 0. The molecule has 9 heteroatoms. The van der Waals surface area contributed by atoms with E-state index in [0.717, 1.165) is 44.6 Å². The summed E-state index contributed by atoms with van der Waals surface area (Å²) in [4.78, 5) is 40.7. The molecule has 5 rings (SSSR count). The number of carbonyl (C=O) groups is 3. The topological polar surface area (TPSA) is 114 Å². The van der Waals surface area contributed by atoms with Gasteiger partial charge in [0.05, 0.1) is 5.92 Å². The van der Waals surface area contributed by atoms with E-state index in [4.69, 9.17) is 15.2 Å². The van der Waals surface area contributed by atoms with Gasteiger partial charge in [0.15, 0.2) is 11.5 Å². The second-order valence-electron chi connectivity index (χ2n) is 9.40. The van der Waals surface area contributed by atoms with Crippen molar-refractivity contribution in [1.82, 2.24) is 4.90 Å². The van der Waals surface area contributed by atoms with Crippen LogP contribution in [-0.4, -0.2) is 55.6 Å². The zero-order valence-corrected chi connectivity index (χ0v) is 19.6. The number of benzene rings is 2. The number of ether oxygens (including phenoxy) is 2. The maximum atomic E-state index is 12.8. The van der Waals surface area contributed by atoms with Gasteiger partial charge in [-0.05, 0) is 62.2 Å². The highest BCUT2D eigenvalue weighted by Crippen LogP contribution is 2.37. The van der Waals surface area contributed by atoms with E-state index < -0.39 is 5.92 Å². The molecule has 2 aromatic carbocycles. The molecular weight excluding hydrogens is 448 g/mol. The van der Waals surface area contributed by atoms with Gasteiger partial charge >= 0.3 is 0 Å². The van der Waals surface area contributed by atoms with Crippen LogP contribution < -0.4 is 25.4 Å². The van der Waals surface area contributed by atoms with Gasteiger partial charge in [-0.2, -0.15) is 0 Å². The average Bonchev–Trinajstić information content (AvgIpc) is 3.50. The van der Waals surface area contributed by atoms with Crippen LogP contribution in [0.2, 0.25) is 0 Å². The van der Waals surface area contributed by atoms with Crippen molar-refractivity contribution in [1.29, 1.82) is 0 Å². The molecule has 9 nitrogen and oxygen atoms in total. The van der Waals surface area contributed by atoms with E-state index in [0.29, 0.717) is 23.7 Å². The van der Waals surface area contributed by atoms with Gasteiger partial charge in [0, 0.05) is 42.9 Å². The number of nitrogens with two attached hydrogens (primary N) is 1.